The summed E-state index contributed by atoms with van der Waals surface area (Å²) in [6.07, 6.45) is 0. The Morgan fingerprint density at radius 1 is 1.41 bits per heavy atom. The largest absolute Gasteiger partial charge is 0.508 e. The second kappa shape index (κ2) is 5.68. The van der Waals surface area contributed by atoms with E-state index in [4.69, 9.17) is 0 Å². The molecule has 0 aliphatic heterocycles. The number of phenols is 1. The fourth-order valence-corrected chi connectivity index (χ4v) is 1.73. The summed E-state index contributed by atoms with van der Waals surface area (Å²) in [5.41, 5.74) is 1.77. The Kier molecular flexibility index (Phi) is 4.52. The van der Waals surface area contributed by atoms with Crippen LogP contribution in [0.2, 0.25) is 0 Å². The number of phenolic OH excluding ortho intramolecular Hbond substituents is 1. The van der Waals surface area contributed by atoms with Crippen LogP contribution in [0, 0.1) is 6.92 Å². The van der Waals surface area contributed by atoms with E-state index in [1.54, 1.807) is 13.0 Å². The van der Waals surface area contributed by atoms with Crippen molar-refractivity contribution in [2.24, 2.45) is 0 Å². The van der Waals surface area contributed by atoms with E-state index in [0.717, 1.165) is 11.1 Å². The molecule has 1 aromatic carbocycles. The van der Waals surface area contributed by atoms with Crippen molar-refractivity contribution in [1.29, 1.82) is 0 Å². The van der Waals surface area contributed by atoms with Crippen molar-refractivity contribution in [3.8, 4) is 5.75 Å². The van der Waals surface area contributed by atoms with Gasteiger partial charge in [0.25, 0.3) is 0 Å². The fourth-order valence-electron chi connectivity index (χ4n) is 1.73. The monoisotopic (exact) mass is 237 g/mol. The number of hydrogen-bond donors (Lipinski definition) is 2. The average molecular weight is 237 g/mol. The normalized spacial score (nSPS) is 14.1. The van der Waals surface area contributed by atoms with Crippen molar-refractivity contribution < 1.29 is 14.6 Å². The Morgan fingerprint density at radius 3 is 2.59 bits per heavy atom. The van der Waals surface area contributed by atoms with E-state index < -0.39 is 6.04 Å². The van der Waals surface area contributed by atoms with Gasteiger partial charge in [0.05, 0.1) is 7.11 Å². The summed E-state index contributed by atoms with van der Waals surface area (Å²) in [6, 6.07) is 4.96. The number of benzene rings is 1. The lowest BCUT2D eigenvalue weighted by Crippen LogP contribution is -2.36. The molecular weight excluding hydrogens is 218 g/mol. The van der Waals surface area contributed by atoms with E-state index in [1.807, 2.05) is 26.0 Å². The van der Waals surface area contributed by atoms with Gasteiger partial charge >= 0.3 is 5.97 Å². The molecule has 94 valence electrons. The fraction of sp³-hybridized carbons (Fsp3) is 0.462. The molecule has 1 rings (SSSR count). The van der Waals surface area contributed by atoms with Gasteiger partial charge in [-0.15, -0.1) is 0 Å². The number of carbonyl (C=O) groups is 1. The van der Waals surface area contributed by atoms with E-state index >= 15 is 0 Å². The van der Waals surface area contributed by atoms with Gasteiger partial charge in [0.1, 0.15) is 11.8 Å². The summed E-state index contributed by atoms with van der Waals surface area (Å²) in [5.74, 6) is -0.0782. The SMILES string of the molecule is COC(=O)[C@H](C)NC(C)c1ccc(C)cc1O. The number of aromatic hydroxyl groups is 1. The maximum absolute atomic E-state index is 11.3. The molecule has 0 spiro atoms. The highest BCUT2D eigenvalue weighted by molar-refractivity contribution is 5.75. The third kappa shape index (κ3) is 3.46. The molecule has 0 amide bonds. The van der Waals surface area contributed by atoms with Crippen LogP contribution in [0.1, 0.15) is 31.0 Å². The molecule has 4 nitrogen and oxygen atoms in total. The highest BCUT2D eigenvalue weighted by Gasteiger charge is 2.18. The van der Waals surface area contributed by atoms with E-state index in [0.29, 0.717) is 0 Å². The summed E-state index contributed by atoms with van der Waals surface area (Å²) < 4.78 is 4.63. The minimum Gasteiger partial charge on any atom is -0.508 e. The molecule has 0 saturated carbocycles. The quantitative estimate of drug-likeness (QED) is 0.785. The van der Waals surface area contributed by atoms with Crippen LogP contribution in [-0.4, -0.2) is 24.2 Å². The smallest absolute Gasteiger partial charge is 0.322 e. The lowest BCUT2D eigenvalue weighted by Gasteiger charge is -2.19. The zero-order chi connectivity index (χ0) is 13.0. The molecular formula is C13H19NO3. The van der Waals surface area contributed by atoms with Gasteiger partial charge in [-0.2, -0.15) is 0 Å². The third-order valence-corrected chi connectivity index (χ3v) is 2.71. The summed E-state index contributed by atoms with van der Waals surface area (Å²) in [7, 11) is 1.36. The minimum absolute atomic E-state index is 0.121. The van der Waals surface area contributed by atoms with Crippen LogP contribution in [0.25, 0.3) is 0 Å². The molecule has 0 aliphatic rings. The van der Waals surface area contributed by atoms with Crippen LogP contribution in [-0.2, 0) is 9.53 Å². The second-order valence-corrected chi connectivity index (χ2v) is 4.20. The van der Waals surface area contributed by atoms with Crippen LogP contribution >= 0.6 is 0 Å². The number of rotatable bonds is 4. The van der Waals surface area contributed by atoms with Gasteiger partial charge in [-0.1, -0.05) is 12.1 Å². The Balaban J connectivity index is 2.76. The van der Waals surface area contributed by atoms with Gasteiger partial charge in [-0.3, -0.25) is 10.1 Å². The number of carbonyl (C=O) groups excluding carboxylic acids is 1. The molecule has 17 heavy (non-hydrogen) atoms. The maximum Gasteiger partial charge on any atom is 0.322 e. The zero-order valence-electron chi connectivity index (χ0n) is 10.7. The average Bonchev–Trinajstić information content (AvgIpc) is 2.27. The van der Waals surface area contributed by atoms with Crippen LogP contribution in [0.4, 0.5) is 0 Å². The second-order valence-electron chi connectivity index (χ2n) is 4.20. The molecule has 2 N–H and O–H groups in total. The van der Waals surface area contributed by atoms with E-state index in [-0.39, 0.29) is 17.8 Å². The lowest BCUT2D eigenvalue weighted by molar-refractivity contribution is -0.142. The number of hydrogen-bond acceptors (Lipinski definition) is 4. The number of esters is 1. The number of methoxy groups -OCH3 is 1. The first kappa shape index (κ1) is 13.5. The molecule has 0 fully saturated rings. The van der Waals surface area contributed by atoms with Crippen molar-refractivity contribution in [3.05, 3.63) is 29.3 Å². The van der Waals surface area contributed by atoms with Crippen molar-refractivity contribution in [3.63, 3.8) is 0 Å². The molecule has 0 aromatic heterocycles. The van der Waals surface area contributed by atoms with E-state index in [9.17, 15) is 9.90 Å². The molecule has 0 aliphatic carbocycles. The van der Waals surface area contributed by atoms with Gasteiger partial charge in [0.15, 0.2) is 0 Å². The zero-order valence-corrected chi connectivity index (χ0v) is 10.7. The van der Waals surface area contributed by atoms with Crippen molar-refractivity contribution in [2.45, 2.75) is 32.9 Å². The minimum atomic E-state index is -0.407. The topological polar surface area (TPSA) is 58.6 Å². The van der Waals surface area contributed by atoms with Gasteiger partial charge < -0.3 is 9.84 Å². The molecule has 4 heteroatoms. The number of aryl methyl sites for hydroxylation is 1. The summed E-state index contributed by atoms with van der Waals surface area (Å²) in [5, 5.41) is 12.9. The van der Waals surface area contributed by atoms with Crippen LogP contribution in [0.5, 0.6) is 5.75 Å². The highest BCUT2D eigenvalue weighted by Crippen LogP contribution is 2.25. The lowest BCUT2D eigenvalue weighted by atomic mass is 10.0. The highest BCUT2D eigenvalue weighted by atomic mass is 16.5. The van der Waals surface area contributed by atoms with Gasteiger partial charge in [0.2, 0.25) is 0 Å². The van der Waals surface area contributed by atoms with E-state index in [1.165, 1.54) is 7.11 Å². The number of nitrogens with one attached hydrogen (secondary N) is 1. The molecule has 1 unspecified atom stereocenters. The van der Waals surface area contributed by atoms with E-state index in [2.05, 4.69) is 10.1 Å². The molecule has 1 aromatic rings. The first-order chi connectivity index (χ1) is 7.95. The third-order valence-electron chi connectivity index (χ3n) is 2.71. The molecule has 0 radical (unpaired) electrons. The van der Waals surface area contributed by atoms with Crippen molar-refractivity contribution in [1.82, 2.24) is 5.32 Å². The molecule has 0 heterocycles. The summed E-state index contributed by atoms with van der Waals surface area (Å²) in [6.45, 7) is 5.54. The first-order valence-corrected chi connectivity index (χ1v) is 5.59. The van der Waals surface area contributed by atoms with Crippen LogP contribution in [0.15, 0.2) is 18.2 Å². The van der Waals surface area contributed by atoms with Gasteiger partial charge in [-0.25, -0.2) is 0 Å². The van der Waals surface area contributed by atoms with Crippen molar-refractivity contribution >= 4 is 5.97 Å². The Labute approximate surface area is 102 Å². The van der Waals surface area contributed by atoms with Gasteiger partial charge in [0, 0.05) is 11.6 Å². The predicted molar refractivity (Wildman–Crippen MR) is 65.9 cm³/mol. The predicted octanol–water partition coefficient (Wildman–Crippen LogP) is 1.91. The first-order valence-electron chi connectivity index (χ1n) is 5.59. The molecule has 2 atom stereocenters. The van der Waals surface area contributed by atoms with Gasteiger partial charge in [-0.05, 0) is 32.4 Å². The molecule has 0 saturated heterocycles. The Bertz CT molecular complexity index is 404. The Morgan fingerprint density at radius 2 is 2.06 bits per heavy atom. The van der Waals surface area contributed by atoms with Crippen LogP contribution in [0.3, 0.4) is 0 Å². The van der Waals surface area contributed by atoms with Crippen molar-refractivity contribution in [2.75, 3.05) is 7.11 Å². The maximum atomic E-state index is 11.3. The molecule has 0 bridgehead atoms. The Hall–Kier alpha value is -1.55. The number of ether oxygens (including phenoxy) is 1. The summed E-state index contributed by atoms with van der Waals surface area (Å²) in [4.78, 5) is 11.3. The standard InChI is InChI=1S/C13H19NO3/c1-8-5-6-11(12(15)7-8)9(2)14-10(3)13(16)17-4/h5-7,9-10,14-15H,1-4H3/t9?,10-/m0/s1. The van der Waals surface area contributed by atoms with Crippen LogP contribution < -0.4 is 5.32 Å². The summed E-state index contributed by atoms with van der Waals surface area (Å²) >= 11 is 0.